The van der Waals surface area contributed by atoms with Gasteiger partial charge in [0.1, 0.15) is 0 Å². The minimum atomic E-state index is 0.238. The average molecular weight is 608 g/mol. The van der Waals surface area contributed by atoms with Crippen molar-refractivity contribution in [1.29, 1.82) is 5.26 Å². The van der Waals surface area contributed by atoms with Gasteiger partial charge in [0, 0.05) is 32.8 Å². The van der Waals surface area contributed by atoms with E-state index in [0.29, 0.717) is 18.9 Å². The molecule has 0 aliphatic rings. The molecule has 0 saturated heterocycles. The Morgan fingerprint density at radius 1 is 0.465 bits per heavy atom. The number of aliphatic hydroxyl groups excluding tert-OH is 1. The summed E-state index contributed by atoms with van der Waals surface area (Å²) in [6, 6.07) is 2.39. The Kier molecular flexibility index (Phi) is 38.8. The van der Waals surface area contributed by atoms with Crippen LogP contribution in [0.2, 0.25) is 0 Å². The minimum Gasteiger partial charge on any atom is -0.396 e. The third-order valence-corrected chi connectivity index (χ3v) is 8.97. The van der Waals surface area contributed by atoms with Gasteiger partial charge in [-0.2, -0.15) is 5.26 Å². The summed E-state index contributed by atoms with van der Waals surface area (Å²) in [5.74, 6) is 0.436. The molecule has 0 bridgehead atoms. The molecule has 4 nitrogen and oxygen atoms in total. The first-order valence-electron chi connectivity index (χ1n) is 19.5. The number of rotatable bonds is 38. The fourth-order valence-corrected chi connectivity index (χ4v) is 6.05. The molecular weight excluding hydrogens is 530 g/mol. The van der Waals surface area contributed by atoms with Crippen molar-refractivity contribution < 1.29 is 14.6 Å². The first-order valence-corrected chi connectivity index (χ1v) is 19.5. The summed E-state index contributed by atoms with van der Waals surface area (Å²) in [5.41, 5.74) is 0. The second-order valence-corrected chi connectivity index (χ2v) is 13.3. The molecule has 4 heteroatoms. The molecule has 0 saturated carbocycles. The van der Waals surface area contributed by atoms with E-state index in [1.54, 1.807) is 0 Å². The molecule has 0 heterocycles. The minimum absolute atomic E-state index is 0.238. The molecule has 0 radical (unpaired) electrons. The van der Waals surface area contributed by atoms with E-state index in [1.165, 1.54) is 180 Å². The molecular formula is C39H77NO3. The third kappa shape index (κ3) is 37.5. The van der Waals surface area contributed by atoms with E-state index in [0.717, 1.165) is 32.7 Å². The second kappa shape index (κ2) is 39.4. The maximum absolute atomic E-state index is 9.20. The van der Waals surface area contributed by atoms with Crippen LogP contribution in [0.5, 0.6) is 0 Å². The lowest BCUT2D eigenvalue weighted by Crippen LogP contribution is -2.10. The summed E-state index contributed by atoms with van der Waals surface area (Å²) in [6.45, 7) is 5.75. The highest BCUT2D eigenvalue weighted by Crippen LogP contribution is 2.18. The lowest BCUT2D eigenvalue weighted by molar-refractivity contribution is 0.0933. The van der Waals surface area contributed by atoms with Gasteiger partial charge < -0.3 is 14.6 Å². The van der Waals surface area contributed by atoms with Gasteiger partial charge in [0.2, 0.25) is 0 Å². The smallest absolute Gasteiger partial charge is 0.0625 e. The van der Waals surface area contributed by atoms with Crippen molar-refractivity contribution in [3.8, 4) is 6.07 Å². The predicted molar refractivity (Wildman–Crippen MR) is 187 cm³/mol. The molecule has 0 rings (SSSR count). The van der Waals surface area contributed by atoms with Gasteiger partial charge in [-0.25, -0.2) is 0 Å². The highest BCUT2D eigenvalue weighted by Gasteiger charge is 2.08. The standard InChI is InChI=1S/C39H77NO3/c1-2-3-4-5-6-7-8-12-15-18-21-24-27-31-39(32-33-40)38-43-36-29-26-23-20-17-14-11-9-10-13-16-19-22-25-28-35-42-37-30-34-41/h39,41H,2-32,34-38H2,1H3. The Balaban J connectivity index is 3.32. The van der Waals surface area contributed by atoms with Crippen LogP contribution in [0.25, 0.3) is 0 Å². The summed E-state index contributed by atoms with van der Waals surface area (Å²) < 4.78 is 11.5. The zero-order valence-corrected chi connectivity index (χ0v) is 29.2. The molecule has 1 unspecified atom stereocenters. The number of hydrogen-bond acceptors (Lipinski definition) is 4. The van der Waals surface area contributed by atoms with Gasteiger partial charge in [-0.05, 0) is 31.6 Å². The highest BCUT2D eigenvalue weighted by atomic mass is 16.5. The first kappa shape index (κ1) is 42.4. The van der Waals surface area contributed by atoms with Gasteiger partial charge >= 0.3 is 0 Å². The Labute approximate surface area is 270 Å². The number of nitrogens with zero attached hydrogens (tertiary/aromatic N) is 1. The van der Waals surface area contributed by atoms with E-state index in [-0.39, 0.29) is 6.61 Å². The molecule has 0 aliphatic carbocycles. The summed E-state index contributed by atoms with van der Waals surface area (Å²) in [7, 11) is 0. The second-order valence-electron chi connectivity index (χ2n) is 13.3. The topological polar surface area (TPSA) is 62.5 Å². The monoisotopic (exact) mass is 608 g/mol. The zero-order valence-electron chi connectivity index (χ0n) is 29.2. The van der Waals surface area contributed by atoms with Crippen LogP contribution < -0.4 is 0 Å². The molecule has 1 atom stereocenters. The molecule has 0 aliphatic heterocycles. The van der Waals surface area contributed by atoms with Crippen LogP contribution in [-0.4, -0.2) is 38.1 Å². The number of aliphatic hydroxyl groups is 1. The maximum atomic E-state index is 9.20. The summed E-state index contributed by atoms with van der Waals surface area (Å²) in [6.07, 6.45) is 40.9. The van der Waals surface area contributed by atoms with Gasteiger partial charge in [-0.3, -0.25) is 0 Å². The van der Waals surface area contributed by atoms with Gasteiger partial charge in [-0.1, -0.05) is 174 Å². The van der Waals surface area contributed by atoms with Gasteiger partial charge in [0.15, 0.2) is 0 Å². The molecule has 256 valence electrons. The van der Waals surface area contributed by atoms with E-state index in [4.69, 9.17) is 14.6 Å². The van der Waals surface area contributed by atoms with Crippen molar-refractivity contribution in [2.75, 3.05) is 33.0 Å². The fourth-order valence-electron chi connectivity index (χ4n) is 6.05. The van der Waals surface area contributed by atoms with Crippen LogP contribution in [0.15, 0.2) is 0 Å². The van der Waals surface area contributed by atoms with Crippen LogP contribution in [0, 0.1) is 17.2 Å². The zero-order chi connectivity index (χ0) is 31.2. The summed E-state index contributed by atoms with van der Waals surface area (Å²) >= 11 is 0. The Hall–Kier alpha value is -0.630. The van der Waals surface area contributed by atoms with Crippen LogP contribution >= 0.6 is 0 Å². The van der Waals surface area contributed by atoms with E-state index in [9.17, 15) is 5.26 Å². The lowest BCUT2D eigenvalue weighted by Gasteiger charge is -2.14. The van der Waals surface area contributed by atoms with Gasteiger partial charge in [0.05, 0.1) is 12.7 Å². The largest absolute Gasteiger partial charge is 0.396 e. The van der Waals surface area contributed by atoms with Crippen molar-refractivity contribution in [3.05, 3.63) is 0 Å². The molecule has 0 aromatic rings. The van der Waals surface area contributed by atoms with E-state index in [1.807, 2.05) is 0 Å². The van der Waals surface area contributed by atoms with Crippen molar-refractivity contribution in [3.63, 3.8) is 0 Å². The third-order valence-electron chi connectivity index (χ3n) is 8.97. The summed E-state index contributed by atoms with van der Waals surface area (Å²) in [4.78, 5) is 0. The molecule has 0 aromatic heterocycles. The fraction of sp³-hybridized carbons (Fsp3) is 0.974. The van der Waals surface area contributed by atoms with Crippen molar-refractivity contribution >= 4 is 0 Å². The molecule has 0 fully saturated rings. The average Bonchev–Trinajstić information content (AvgIpc) is 3.01. The van der Waals surface area contributed by atoms with Gasteiger partial charge in [0.25, 0.3) is 0 Å². The SMILES string of the molecule is CCCCCCCCCCCCCCCC(CC#N)COCCCCCCCCCCCCCCCCCOCCCO. The molecule has 0 amide bonds. The number of unbranched alkanes of at least 4 members (excludes halogenated alkanes) is 26. The van der Waals surface area contributed by atoms with Crippen molar-refractivity contribution in [2.45, 2.75) is 206 Å². The van der Waals surface area contributed by atoms with E-state index in [2.05, 4.69) is 13.0 Å². The molecule has 43 heavy (non-hydrogen) atoms. The molecule has 1 N–H and O–H groups in total. The number of ether oxygens (including phenoxy) is 2. The van der Waals surface area contributed by atoms with Crippen LogP contribution in [-0.2, 0) is 9.47 Å². The van der Waals surface area contributed by atoms with Crippen LogP contribution in [0.1, 0.15) is 206 Å². The number of nitriles is 1. The van der Waals surface area contributed by atoms with Gasteiger partial charge in [-0.15, -0.1) is 0 Å². The molecule has 0 spiro atoms. The Morgan fingerprint density at radius 3 is 1.21 bits per heavy atom. The maximum Gasteiger partial charge on any atom is 0.0625 e. The Bertz CT molecular complexity index is 535. The number of hydrogen-bond donors (Lipinski definition) is 1. The van der Waals surface area contributed by atoms with Crippen LogP contribution in [0.4, 0.5) is 0 Å². The van der Waals surface area contributed by atoms with Crippen LogP contribution in [0.3, 0.4) is 0 Å². The predicted octanol–water partition coefficient (Wildman–Crippen LogP) is 12.3. The lowest BCUT2D eigenvalue weighted by atomic mass is 9.98. The van der Waals surface area contributed by atoms with E-state index < -0.39 is 0 Å². The van der Waals surface area contributed by atoms with E-state index >= 15 is 0 Å². The Morgan fingerprint density at radius 2 is 0.814 bits per heavy atom. The first-order chi connectivity index (χ1) is 21.3. The highest BCUT2D eigenvalue weighted by molar-refractivity contribution is 4.75. The van der Waals surface area contributed by atoms with Crippen molar-refractivity contribution in [1.82, 2.24) is 0 Å². The van der Waals surface area contributed by atoms with Crippen molar-refractivity contribution in [2.24, 2.45) is 5.92 Å². The quantitative estimate of drug-likeness (QED) is 0.0709. The summed E-state index contributed by atoms with van der Waals surface area (Å²) in [5, 5.41) is 17.9. The molecule has 0 aromatic carbocycles. The normalized spacial score (nSPS) is 12.1.